The smallest absolute Gasteiger partial charge is 0.201 e. The van der Waals surface area contributed by atoms with Gasteiger partial charge in [0.15, 0.2) is 5.78 Å². The molecule has 15 heavy (non-hydrogen) atoms. The van der Waals surface area contributed by atoms with Crippen LogP contribution in [-0.4, -0.2) is 30.4 Å². The van der Waals surface area contributed by atoms with E-state index in [4.69, 9.17) is 0 Å². The monoisotopic (exact) mass is 211 g/mol. The molecule has 1 fully saturated rings. The molecule has 0 radical (unpaired) electrons. The van der Waals surface area contributed by atoms with Gasteiger partial charge >= 0.3 is 0 Å². The summed E-state index contributed by atoms with van der Waals surface area (Å²) in [6.07, 6.45) is 2.31. The summed E-state index contributed by atoms with van der Waals surface area (Å²) in [4.78, 5) is 33.7. The zero-order valence-electron chi connectivity index (χ0n) is 9.21. The molecule has 0 bridgehead atoms. The molecule has 0 unspecified atom stereocenters. The Bertz CT molecular complexity index is 282. The minimum absolute atomic E-state index is 0.00386. The highest BCUT2D eigenvalue weighted by Gasteiger charge is 2.33. The zero-order valence-corrected chi connectivity index (χ0v) is 9.21. The number of nitrogens with one attached hydrogen (secondary N) is 1. The normalized spacial score (nSPS) is 17.2. The Morgan fingerprint density at radius 2 is 1.93 bits per heavy atom. The third-order valence-corrected chi connectivity index (χ3v) is 2.72. The van der Waals surface area contributed by atoms with Crippen molar-refractivity contribution in [2.45, 2.75) is 38.6 Å². The molecule has 0 aliphatic heterocycles. The Labute approximate surface area is 89.4 Å². The van der Waals surface area contributed by atoms with Crippen LogP contribution in [0, 0.1) is 5.92 Å². The molecule has 84 valence electrons. The van der Waals surface area contributed by atoms with Crippen molar-refractivity contribution in [2.24, 2.45) is 5.92 Å². The van der Waals surface area contributed by atoms with Crippen LogP contribution in [0.25, 0.3) is 0 Å². The lowest BCUT2D eigenvalue weighted by molar-refractivity contribution is -0.137. The van der Waals surface area contributed by atoms with Crippen molar-refractivity contribution in [3.8, 4) is 0 Å². The molecule has 0 aromatic rings. The van der Waals surface area contributed by atoms with Crippen molar-refractivity contribution in [3.63, 3.8) is 0 Å². The second-order valence-electron chi connectivity index (χ2n) is 4.05. The Morgan fingerprint density at radius 1 is 1.33 bits per heavy atom. The number of hydrogen-bond acceptors (Lipinski definition) is 4. The van der Waals surface area contributed by atoms with Crippen LogP contribution in [0.1, 0.15) is 32.6 Å². The van der Waals surface area contributed by atoms with Crippen LogP contribution >= 0.6 is 0 Å². The molecule has 0 aromatic heterocycles. The molecule has 1 aliphatic rings. The first-order valence-corrected chi connectivity index (χ1v) is 5.31. The van der Waals surface area contributed by atoms with Gasteiger partial charge in [-0.3, -0.25) is 14.4 Å². The number of carbonyl (C=O) groups is 3. The van der Waals surface area contributed by atoms with E-state index < -0.39 is 0 Å². The lowest BCUT2D eigenvalue weighted by Gasteiger charge is -2.10. The maximum Gasteiger partial charge on any atom is 0.201 e. The van der Waals surface area contributed by atoms with Gasteiger partial charge in [0.25, 0.3) is 0 Å². The van der Waals surface area contributed by atoms with Crippen LogP contribution in [0.4, 0.5) is 0 Å². The van der Waals surface area contributed by atoms with Gasteiger partial charge in [-0.15, -0.1) is 0 Å². The van der Waals surface area contributed by atoms with Crippen molar-refractivity contribution in [3.05, 3.63) is 0 Å². The topological polar surface area (TPSA) is 63.2 Å². The third-order valence-electron chi connectivity index (χ3n) is 2.72. The van der Waals surface area contributed by atoms with Crippen molar-refractivity contribution in [1.29, 1.82) is 0 Å². The first-order valence-electron chi connectivity index (χ1n) is 5.31. The first kappa shape index (κ1) is 12.0. The van der Waals surface area contributed by atoms with Crippen molar-refractivity contribution in [1.82, 2.24) is 5.32 Å². The maximum absolute atomic E-state index is 11.4. The second kappa shape index (κ2) is 5.16. The van der Waals surface area contributed by atoms with Gasteiger partial charge in [-0.1, -0.05) is 0 Å². The lowest BCUT2D eigenvalue weighted by atomic mass is 10.0. The Balaban J connectivity index is 2.31. The van der Waals surface area contributed by atoms with Crippen LogP contribution in [-0.2, 0) is 14.4 Å². The zero-order chi connectivity index (χ0) is 11.4. The number of carbonyl (C=O) groups excluding carboxylic acids is 3. The molecule has 1 rings (SSSR count). The summed E-state index contributed by atoms with van der Waals surface area (Å²) in [5.41, 5.74) is 0. The highest BCUT2D eigenvalue weighted by Crippen LogP contribution is 2.30. The van der Waals surface area contributed by atoms with E-state index in [2.05, 4.69) is 5.32 Å². The second-order valence-corrected chi connectivity index (χ2v) is 4.05. The van der Waals surface area contributed by atoms with Crippen molar-refractivity contribution >= 4 is 17.3 Å². The van der Waals surface area contributed by atoms with Gasteiger partial charge in [0.2, 0.25) is 5.78 Å². The maximum atomic E-state index is 11.4. The summed E-state index contributed by atoms with van der Waals surface area (Å²) >= 11 is 0. The quantitative estimate of drug-likeness (QED) is 0.622. The molecular formula is C11H17NO3. The Hall–Kier alpha value is -1.03. The van der Waals surface area contributed by atoms with E-state index in [1.807, 2.05) is 0 Å². The van der Waals surface area contributed by atoms with E-state index in [0.29, 0.717) is 6.42 Å². The molecule has 0 aromatic carbocycles. The highest BCUT2D eigenvalue weighted by atomic mass is 16.2. The number of Topliss-reactive ketones (excluding diaryl/α,β-unsaturated/α-hetero) is 3. The van der Waals surface area contributed by atoms with E-state index in [-0.39, 0.29) is 35.7 Å². The number of hydrogen-bond donors (Lipinski definition) is 1. The summed E-state index contributed by atoms with van der Waals surface area (Å²) in [6.45, 7) is 1.48. The molecule has 1 aliphatic carbocycles. The average molecular weight is 211 g/mol. The van der Waals surface area contributed by atoms with Gasteiger partial charge in [0.1, 0.15) is 5.78 Å². The predicted molar refractivity (Wildman–Crippen MR) is 55.5 cm³/mol. The third kappa shape index (κ3) is 3.55. The predicted octanol–water partition coefficient (Wildman–Crippen LogP) is 0.492. The van der Waals surface area contributed by atoms with E-state index in [0.717, 1.165) is 12.8 Å². The summed E-state index contributed by atoms with van der Waals surface area (Å²) in [6, 6.07) is -0.305. The molecule has 1 N–H and O–H groups in total. The number of ketones is 3. The van der Waals surface area contributed by atoms with E-state index in [1.165, 1.54) is 6.92 Å². The summed E-state index contributed by atoms with van der Waals surface area (Å²) in [7, 11) is 1.68. The highest BCUT2D eigenvalue weighted by molar-refractivity contribution is 6.38. The molecule has 4 heteroatoms. The summed E-state index contributed by atoms with van der Waals surface area (Å²) < 4.78 is 0. The van der Waals surface area contributed by atoms with Gasteiger partial charge in [-0.05, 0) is 33.2 Å². The van der Waals surface area contributed by atoms with E-state index in [1.54, 1.807) is 7.05 Å². The van der Waals surface area contributed by atoms with Crippen LogP contribution in [0.2, 0.25) is 0 Å². The van der Waals surface area contributed by atoms with Gasteiger partial charge < -0.3 is 5.32 Å². The molecule has 1 atom stereocenters. The van der Waals surface area contributed by atoms with Gasteiger partial charge in [-0.25, -0.2) is 0 Å². The molecular weight excluding hydrogens is 194 g/mol. The van der Waals surface area contributed by atoms with Crippen LogP contribution in [0.15, 0.2) is 0 Å². The molecule has 4 nitrogen and oxygen atoms in total. The molecule has 0 spiro atoms. The summed E-state index contributed by atoms with van der Waals surface area (Å²) in [5, 5.41) is 2.83. The number of rotatable bonds is 7. The largest absolute Gasteiger partial charge is 0.311 e. The SMILES string of the molecule is CN[C@@H](CCC(=O)C(=O)C1CC1)C(C)=O. The van der Waals surface area contributed by atoms with Crippen molar-refractivity contribution < 1.29 is 14.4 Å². The summed E-state index contributed by atoms with van der Waals surface area (Å²) in [5.74, 6) is -0.570. The average Bonchev–Trinajstić information content (AvgIpc) is 3.00. The fraction of sp³-hybridized carbons (Fsp3) is 0.727. The van der Waals surface area contributed by atoms with Crippen LogP contribution < -0.4 is 5.32 Å². The Kier molecular flexibility index (Phi) is 4.15. The van der Waals surface area contributed by atoms with Gasteiger partial charge in [0.05, 0.1) is 6.04 Å². The molecule has 1 saturated carbocycles. The Morgan fingerprint density at radius 3 is 2.33 bits per heavy atom. The number of likely N-dealkylation sites (N-methyl/N-ethyl adjacent to an activating group) is 1. The fourth-order valence-electron chi connectivity index (χ4n) is 1.52. The van der Waals surface area contributed by atoms with Crippen LogP contribution in [0.3, 0.4) is 0 Å². The minimum atomic E-state index is -0.320. The standard InChI is InChI=1S/C11H17NO3/c1-7(13)9(12-2)5-6-10(14)11(15)8-3-4-8/h8-9,12H,3-6H2,1-2H3/t9-/m0/s1. The van der Waals surface area contributed by atoms with E-state index in [9.17, 15) is 14.4 Å². The minimum Gasteiger partial charge on any atom is -0.311 e. The van der Waals surface area contributed by atoms with Crippen LogP contribution in [0.5, 0.6) is 0 Å². The molecule has 0 saturated heterocycles. The van der Waals surface area contributed by atoms with Gasteiger partial charge in [-0.2, -0.15) is 0 Å². The fourth-order valence-corrected chi connectivity index (χ4v) is 1.52. The first-order chi connectivity index (χ1) is 7.06. The lowest BCUT2D eigenvalue weighted by Crippen LogP contribution is -2.33. The van der Waals surface area contributed by atoms with Gasteiger partial charge in [0, 0.05) is 12.3 Å². The van der Waals surface area contributed by atoms with E-state index >= 15 is 0 Å². The molecule has 0 heterocycles. The van der Waals surface area contributed by atoms with Crippen molar-refractivity contribution in [2.75, 3.05) is 7.05 Å². The molecule has 0 amide bonds.